The van der Waals surface area contributed by atoms with Gasteiger partial charge in [-0.2, -0.15) is 0 Å². The predicted octanol–water partition coefficient (Wildman–Crippen LogP) is 4.55. The minimum absolute atomic E-state index is 0.198. The third-order valence-corrected chi connectivity index (χ3v) is 6.72. The highest BCUT2D eigenvalue weighted by molar-refractivity contribution is 5.35. The number of fused-ring (bicyclic) bond motifs is 1. The fourth-order valence-electron chi connectivity index (χ4n) is 4.57. The molecule has 0 spiro atoms. The molecule has 0 amide bonds. The number of ether oxygens (including phenoxy) is 1. The first-order valence-electron chi connectivity index (χ1n) is 10.5. The first-order chi connectivity index (χ1) is 13.1. The molecule has 3 heteroatoms. The Bertz CT molecular complexity index is 681. The second-order valence-corrected chi connectivity index (χ2v) is 8.39. The van der Waals surface area contributed by atoms with Gasteiger partial charge in [-0.25, -0.2) is 0 Å². The van der Waals surface area contributed by atoms with E-state index in [4.69, 9.17) is 4.74 Å². The number of benzene rings is 1. The van der Waals surface area contributed by atoms with Crippen LogP contribution in [0.25, 0.3) is 0 Å². The molecule has 148 valence electrons. The van der Waals surface area contributed by atoms with Crippen molar-refractivity contribution in [3.8, 4) is 5.75 Å². The number of allylic oxidation sites excluding steroid dienone is 2. The molecule has 3 rings (SSSR count). The average Bonchev–Trinajstić information content (AvgIpc) is 2.82. The summed E-state index contributed by atoms with van der Waals surface area (Å²) in [5.74, 6) is 1.61. The Balaban J connectivity index is 1.76. The lowest BCUT2D eigenvalue weighted by molar-refractivity contribution is 0.145. The Morgan fingerprint density at radius 2 is 2.22 bits per heavy atom. The van der Waals surface area contributed by atoms with Crippen molar-refractivity contribution in [1.29, 1.82) is 0 Å². The summed E-state index contributed by atoms with van der Waals surface area (Å²) in [5, 5.41) is 3.57. The zero-order valence-electron chi connectivity index (χ0n) is 17.5. The van der Waals surface area contributed by atoms with Crippen LogP contribution in [0.5, 0.6) is 5.75 Å². The average molecular weight is 369 g/mol. The van der Waals surface area contributed by atoms with E-state index in [0.29, 0.717) is 18.6 Å². The number of hydrogen-bond acceptors (Lipinski definition) is 3. The van der Waals surface area contributed by atoms with Gasteiger partial charge in [0.2, 0.25) is 0 Å². The summed E-state index contributed by atoms with van der Waals surface area (Å²) in [6.45, 7) is 14.3. The van der Waals surface area contributed by atoms with Gasteiger partial charge in [-0.1, -0.05) is 44.2 Å². The summed E-state index contributed by atoms with van der Waals surface area (Å²) in [4.78, 5) is 2.71. The van der Waals surface area contributed by atoms with Crippen molar-refractivity contribution in [3.63, 3.8) is 0 Å². The van der Waals surface area contributed by atoms with Gasteiger partial charge in [0.25, 0.3) is 0 Å². The van der Waals surface area contributed by atoms with Gasteiger partial charge >= 0.3 is 0 Å². The number of piperazine rings is 1. The maximum absolute atomic E-state index is 6.11. The third kappa shape index (κ3) is 4.64. The summed E-state index contributed by atoms with van der Waals surface area (Å²) < 4.78 is 6.11. The minimum atomic E-state index is 0.198. The zero-order chi connectivity index (χ0) is 19.3. The van der Waals surface area contributed by atoms with E-state index in [1.165, 1.54) is 37.1 Å². The molecular weight excluding hydrogens is 332 g/mol. The molecule has 27 heavy (non-hydrogen) atoms. The first-order valence-corrected chi connectivity index (χ1v) is 10.5. The van der Waals surface area contributed by atoms with Crippen LogP contribution in [0.15, 0.2) is 48.1 Å². The normalized spacial score (nSPS) is 30.1. The van der Waals surface area contributed by atoms with E-state index in [1.54, 1.807) is 0 Å². The van der Waals surface area contributed by atoms with E-state index in [2.05, 4.69) is 73.5 Å². The molecule has 2 aliphatic heterocycles. The molecule has 2 saturated heterocycles. The van der Waals surface area contributed by atoms with Gasteiger partial charge in [0, 0.05) is 32.2 Å². The molecule has 3 nitrogen and oxygen atoms in total. The number of hydrogen-bond donors (Lipinski definition) is 1. The Kier molecular flexibility index (Phi) is 6.78. The first kappa shape index (κ1) is 20.2. The summed E-state index contributed by atoms with van der Waals surface area (Å²) in [6.07, 6.45) is 8.79. The smallest absolute Gasteiger partial charge is 0.120 e. The largest absolute Gasteiger partial charge is 0.489 e. The van der Waals surface area contributed by atoms with Crippen LogP contribution in [0.4, 0.5) is 0 Å². The molecule has 2 unspecified atom stereocenters. The molecule has 0 radical (unpaired) electrons. The Morgan fingerprint density at radius 1 is 1.37 bits per heavy atom. The van der Waals surface area contributed by atoms with E-state index in [-0.39, 0.29) is 5.41 Å². The molecule has 1 aromatic rings. The molecule has 1 N–H and O–H groups in total. The van der Waals surface area contributed by atoms with E-state index in [9.17, 15) is 0 Å². The number of nitrogens with one attached hydrogen (secondary N) is 1. The van der Waals surface area contributed by atoms with Crippen molar-refractivity contribution in [2.45, 2.75) is 52.0 Å². The lowest BCUT2D eigenvalue weighted by Gasteiger charge is -2.37. The highest BCUT2D eigenvalue weighted by Gasteiger charge is 2.39. The summed E-state index contributed by atoms with van der Waals surface area (Å²) >= 11 is 0. The number of rotatable bonds is 5. The topological polar surface area (TPSA) is 24.5 Å². The van der Waals surface area contributed by atoms with Crippen molar-refractivity contribution in [2.24, 2.45) is 5.92 Å². The van der Waals surface area contributed by atoms with Crippen molar-refractivity contribution < 1.29 is 4.74 Å². The number of nitrogens with zero attached hydrogens (tertiary/aromatic N) is 1. The molecule has 0 saturated carbocycles. The van der Waals surface area contributed by atoms with Crippen LogP contribution in [-0.4, -0.2) is 43.7 Å². The summed E-state index contributed by atoms with van der Waals surface area (Å²) in [6, 6.07) is 9.52. The summed E-state index contributed by atoms with van der Waals surface area (Å²) in [7, 11) is 0. The van der Waals surface area contributed by atoms with Crippen LogP contribution in [-0.2, 0) is 5.41 Å². The molecular formula is C24H36N2O. The third-order valence-electron chi connectivity index (χ3n) is 6.72. The second kappa shape index (κ2) is 9.07. The molecule has 1 aromatic carbocycles. The molecule has 0 bridgehead atoms. The predicted molar refractivity (Wildman–Crippen MR) is 114 cm³/mol. The molecule has 0 aromatic heterocycles. The van der Waals surface area contributed by atoms with Gasteiger partial charge in [-0.15, -0.1) is 0 Å². The lowest BCUT2D eigenvalue weighted by atomic mass is 9.70. The van der Waals surface area contributed by atoms with Crippen molar-refractivity contribution in [2.75, 3.05) is 32.8 Å². The molecule has 2 heterocycles. The van der Waals surface area contributed by atoms with Crippen molar-refractivity contribution in [3.05, 3.63) is 53.6 Å². The van der Waals surface area contributed by atoms with Crippen LogP contribution < -0.4 is 10.1 Å². The molecule has 0 aliphatic carbocycles. The van der Waals surface area contributed by atoms with Gasteiger partial charge in [-0.3, -0.25) is 4.90 Å². The SMILES string of the molecule is C/C=C\C(=C/C)COc1cccc([C@]2(C)CCC3CNCCN3CC2C)c1. The van der Waals surface area contributed by atoms with Gasteiger partial charge in [-0.05, 0) is 61.3 Å². The van der Waals surface area contributed by atoms with Gasteiger partial charge in [0.15, 0.2) is 0 Å². The van der Waals surface area contributed by atoms with E-state index in [0.717, 1.165) is 18.8 Å². The standard InChI is InChI=1S/C24H36N2O/c1-5-8-20(6-2)18-27-23-10-7-9-21(15-23)24(4)12-11-22-16-25-13-14-26(22)17-19(24)3/h5-10,15,19,22,25H,11-14,16-18H2,1-4H3/b8-5-,20-6+/t19?,22?,24-/m1/s1. The quantitative estimate of drug-likeness (QED) is 0.772. The van der Waals surface area contributed by atoms with E-state index in [1.807, 2.05) is 6.92 Å². The van der Waals surface area contributed by atoms with Gasteiger partial charge < -0.3 is 10.1 Å². The maximum atomic E-state index is 6.11. The van der Waals surface area contributed by atoms with Crippen molar-refractivity contribution in [1.82, 2.24) is 10.2 Å². The highest BCUT2D eigenvalue weighted by Crippen LogP contribution is 2.41. The summed E-state index contributed by atoms with van der Waals surface area (Å²) in [5.41, 5.74) is 2.83. The van der Waals surface area contributed by atoms with Crippen LogP contribution >= 0.6 is 0 Å². The monoisotopic (exact) mass is 368 g/mol. The van der Waals surface area contributed by atoms with E-state index < -0.39 is 0 Å². The van der Waals surface area contributed by atoms with Gasteiger partial charge in [0.05, 0.1) is 0 Å². The molecule has 3 atom stereocenters. The Morgan fingerprint density at radius 3 is 3.00 bits per heavy atom. The van der Waals surface area contributed by atoms with E-state index >= 15 is 0 Å². The van der Waals surface area contributed by atoms with Gasteiger partial charge in [0.1, 0.15) is 12.4 Å². The highest BCUT2D eigenvalue weighted by atomic mass is 16.5. The van der Waals surface area contributed by atoms with Crippen LogP contribution in [0.2, 0.25) is 0 Å². The minimum Gasteiger partial charge on any atom is -0.489 e. The molecule has 2 fully saturated rings. The lowest BCUT2D eigenvalue weighted by Crippen LogP contribution is -2.51. The Labute approximate surface area is 165 Å². The Hall–Kier alpha value is -1.58. The zero-order valence-corrected chi connectivity index (χ0v) is 17.5. The fraction of sp³-hybridized carbons (Fsp3) is 0.583. The second-order valence-electron chi connectivity index (χ2n) is 8.39. The van der Waals surface area contributed by atoms with Crippen LogP contribution in [0.1, 0.15) is 46.1 Å². The van der Waals surface area contributed by atoms with Crippen molar-refractivity contribution >= 4 is 0 Å². The fourth-order valence-corrected chi connectivity index (χ4v) is 4.57. The maximum Gasteiger partial charge on any atom is 0.120 e. The molecule has 2 aliphatic rings. The van der Waals surface area contributed by atoms with Crippen LogP contribution in [0.3, 0.4) is 0 Å². The van der Waals surface area contributed by atoms with Crippen LogP contribution in [0, 0.1) is 5.92 Å².